The van der Waals surface area contributed by atoms with Crippen LogP contribution in [0.2, 0.25) is 0 Å². The van der Waals surface area contributed by atoms with Gasteiger partial charge in [-0.3, -0.25) is 18.6 Å². The topological polar surface area (TPSA) is 108 Å². The number of phosphoric ester groups is 1. The van der Waals surface area contributed by atoms with E-state index in [4.69, 9.17) is 18.5 Å². The lowest BCUT2D eigenvalue weighted by atomic mass is 10.0. The SMILES string of the molecule is CCCCCCCCCCC/C=C/C/C=C/CCCC(=O)O[C@H](COC(=O)CCCCCCCCCCCCCCCCCCCCC)COP(=O)(O)OCC[N+](C)(C)C. The third-order valence-electron chi connectivity index (χ3n) is 11.0. The molecule has 1 unspecified atom stereocenters. The molecule has 0 heterocycles. The number of rotatable bonds is 46. The molecule has 0 rings (SSSR count). The van der Waals surface area contributed by atoms with Crippen molar-refractivity contribution in [2.75, 3.05) is 47.5 Å². The number of esters is 2. The zero-order chi connectivity index (χ0) is 44.3. The fourth-order valence-corrected chi connectivity index (χ4v) is 7.80. The van der Waals surface area contributed by atoms with Crippen molar-refractivity contribution in [1.82, 2.24) is 0 Å². The van der Waals surface area contributed by atoms with Crippen molar-refractivity contribution in [2.45, 2.75) is 238 Å². The number of quaternary nitrogens is 1. The lowest BCUT2D eigenvalue weighted by molar-refractivity contribution is -0.870. The van der Waals surface area contributed by atoms with Gasteiger partial charge in [-0.05, 0) is 38.5 Å². The van der Waals surface area contributed by atoms with Crippen LogP contribution in [0.3, 0.4) is 0 Å². The van der Waals surface area contributed by atoms with E-state index in [0.29, 0.717) is 17.4 Å². The van der Waals surface area contributed by atoms with Crippen molar-refractivity contribution in [1.29, 1.82) is 0 Å². The summed E-state index contributed by atoms with van der Waals surface area (Å²) < 4.78 is 34.4. The molecule has 0 aromatic rings. The van der Waals surface area contributed by atoms with Crippen molar-refractivity contribution < 1.29 is 42.1 Å². The van der Waals surface area contributed by atoms with Crippen LogP contribution in [-0.2, 0) is 32.7 Å². The molecule has 9 nitrogen and oxygen atoms in total. The Morgan fingerprint density at radius 2 is 0.917 bits per heavy atom. The molecule has 10 heteroatoms. The predicted molar refractivity (Wildman–Crippen MR) is 252 cm³/mol. The maximum Gasteiger partial charge on any atom is 0.472 e. The molecule has 0 saturated carbocycles. The van der Waals surface area contributed by atoms with E-state index in [9.17, 15) is 19.0 Å². The highest BCUT2D eigenvalue weighted by molar-refractivity contribution is 7.47. The molecule has 0 amide bonds. The number of hydrogen-bond donors (Lipinski definition) is 1. The van der Waals surface area contributed by atoms with Gasteiger partial charge in [-0.15, -0.1) is 0 Å². The molecule has 1 N–H and O–H groups in total. The van der Waals surface area contributed by atoms with Gasteiger partial charge in [0.2, 0.25) is 0 Å². The molecule has 0 bridgehead atoms. The molecule has 0 spiro atoms. The molecule has 60 heavy (non-hydrogen) atoms. The largest absolute Gasteiger partial charge is 0.472 e. The number of phosphoric acid groups is 1. The highest BCUT2D eigenvalue weighted by atomic mass is 31.2. The lowest BCUT2D eigenvalue weighted by Gasteiger charge is -2.24. The molecular formula is C50H97NO8P+. The van der Waals surface area contributed by atoms with Crippen molar-refractivity contribution >= 4 is 19.8 Å². The van der Waals surface area contributed by atoms with Crippen LogP contribution in [0.5, 0.6) is 0 Å². The highest BCUT2D eigenvalue weighted by Crippen LogP contribution is 2.43. The molecule has 0 aromatic carbocycles. The number of hydrogen-bond acceptors (Lipinski definition) is 7. The molecule has 0 radical (unpaired) electrons. The van der Waals surface area contributed by atoms with Crippen LogP contribution in [0.15, 0.2) is 24.3 Å². The fourth-order valence-electron chi connectivity index (χ4n) is 7.06. The standard InChI is InChI=1S/C50H96NO8P/c1-6-8-10-12-14-16-18-20-22-24-25-27-28-30-32-34-36-38-40-42-49(52)56-46-48(47-58-60(54,55)57-45-44-51(3,4)5)59-50(53)43-41-39-37-35-33-31-29-26-23-21-19-17-15-13-11-9-7-2/h29,31,35,37,48H,6-28,30,32-34,36,38-47H2,1-5H3/p+1/b31-29+,37-35+/t48-/m1/s1. The van der Waals surface area contributed by atoms with Crippen LogP contribution >= 0.6 is 7.82 Å². The quantitative estimate of drug-likeness (QED) is 0.0212. The van der Waals surface area contributed by atoms with Crippen molar-refractivity contribution in [3.63, 3.8) is 0 Å². The zero-order valence-corrected chi connectivity index (χ0v) is 40.9. The number of ether oxygens (including phenoxy) is 2. The number of carbonyl (C=O) groups excluding carboxylic acids is 2. The molecular weight excluding hydrogens is 774 g/mol. The summed E-state index contributed by atoms with van der Waals surface area (Å²) in [6, 6.07) is 0. The van der Waals surface area contributed by atoms with Crippen LogP contribution in [0.25, 0.3) is 0 Å². The average molecular weight is 871 g/mol. The normalized spacial score (nSPS) is 13.6. The van der Waals surface area contributed by atoms with Crippen molar-refractivity contribution in [3.8, 4) is 0 Å². The van der Waals surface area contributed by atoms with Gasteiger partial charge < -0.3 is 18.9 Å². The number of unbranched alkanes of at least 4 members (excludes halogenated alkanes) is 28. The minimum absolute atomic E-state index is 0.0266. The number of nitrogens with zero attached hydrogens (tertiary/aromatic N) is 1. The Hall–Kier alpha value is -1.51. The maximum absolute atomic E-state index is 12.7. The Balaban J connectivity index is 4.29. The van der Waals surface area contributed by atoms with Crippen LogP contribution in [0, 0.1) is 0 Å². The second-order valence-corrected chi connectivity index (χ2v) is 19.7. The van der Waals surface area contributed by atoms with E-state index < -0.39 is 26.5 Å². The summed E-state index contributed by atoms with van der Waals surface area (Å²) in [5, 5.41) is 0. The molecule has 0 aliphatic rings. The van der Waals surface area contributed by atoms with E-state index in [-0.39, 0.29) is 32.0 Å². The molecule has 0 saturated heterocycles. The van der Waals surface area contributed by atoms with Gasteiger partial charge in [0, 0.05) is 12.8 Å². The molecule has 354 valence electrons. The average Bonchev–Trinajstić information content (AvgIpc) is 3.20. The van der Waals surface area contributed by atoms with Crippen molar-refractivity contribution in [3.05, 3.63) is 24.3 Å². The van der Waals surface area contributed by atoms with Crippen molar-refractivity contribution in [2.24, 2.45) is 0 Å². The minimum Gasteiger partial charge on any atom is -0.462 e. The second-order valence-electron chi connectivity index (χ2n) is 18.2. The van der Waals surface area contributed by atoms with Crippen LogP contribution < -0.4 is 0 Å². The van der Waals surface area contributed by atoms with Gasteiger partial charge in [0.05, 0.1) is 27.7 Å². The monoisotopic (exact) mass is 871 g/mol. The molecule has 0 aliphatic heterocycles. The first-order chi connectivity index (χ1) is 29.0. The molecule has 0 fully saturated rings. The van der Waals surface area contributed by atoms with E-state index in [1.807, 2.05) is 21.1 Å². The van der Waals surface area contributed by atoms with Gasteiger partial charge in [-0.2, -0.15) is 0 Å². The fraction of sp³-hybridized carbons (Fsp3) is 0.880. The van der Waals surface area contributed by atoms with Gasteiger partial charge in [0.15, 0.2) is 6.10 Å². The zero-order valence-electron chi connectivity index (χ0n) is 40.0. The highest BCUT2D eigenvalue weighted by Gasteiger charge is 2.27. The van der Waals surface area contributed by atoms with E-state index in [2.05, 4.69) is 38.2 Å². The summed E-state index contributed by atoms with van der Waals surface area (Å²) in [5.74, 6) is -0.840. The van der Waals surface area contributed by atoms with E-state index >= 15 is 0 Å². The van der Waals surface area contributed by atoms with Gasteiger partial charge >= 0.3 is 19.8 Å². The Morgan fingerprint density at radius 1 is 0.517 bits per heavy atom. The number of likely N-dealkylation sites (N-methyl/N-ethyl adjacent to an activating group) is 1. The number of allylic oxidation sites excluding steroid dienone is 4. The Kier molecular flexibility index (Phi) is 41.7. The third-order valence-corrected chi connectivity index (χ3v) is 12.0. The molecule has 0 aliphatic carbocycles. The molecule has 2 atom stereocenters. The summed E-state index contributed by atoms with van der Waals surface area (Å²) in [5.41, 5.74) is 0. The summed E-state index contributed by atoms with van der Waals surface area (Å²) in [7, 11) is 1.46. The minimum atomic E-state index is -4.39. The summed E-state index contributed by atoms with van der Waals surface area (Å²) in [4.78, 5) is 35.5. The van der Waals surface area contributed by atoms with Gasteiger partial charge in [0.1, 0.15) is 19.8 Å². The Morgan fingerprint density at radius 3 is 1.37 bits per heavy atom. The van der Waals surface area contributed by atoms with Gasteiger partial charge in [0.25, 0.3) is 0 Å². The summed E-state index contributed by atoms with van der Waals surface area (Å²) in [6.45, 7) is 4.41. The Labute approximate surface area is 370 Å². The first-order valence-corrected chi connectivity index (χ1v) is 26.6. The lowest BCUT2D eigenvalue weighted by Crippen LogP contribution is -2.37. The first kappa shape index (κ1) is 58.5. The smallest absolute Gasteiger partial charge is 0.462 e. The van der Waals surface area contributed by atoms with Crippen LogP contribution in [0.1, 0.15) is 232 Å². The first-order valence-electron chi connectivity index (χ1n) is 25.1. The predicted octanol–water partition coefficient (Wildman–Crippen LogP) is 14.7. The second kappa shape index (κ2) is 42.8. The third kappa shape index (κ3) is 46.0. The van der Waals surface area contributed by atoms with Gasteiger partial charge in [-0.1, -0.05) is 205 Å². The van der Waals surface area contributed by atoms with Gasteiger partial charge in [-0.25, -0.2) is 4.57 Å². The maximum atomic E-state index is 12.7. The summed E-state index contributed by atoms with van der Waals surface area (Å²) in [6.07, 6.45) is 48.1. The van der Waals surface area contributed by atoms with Crippen LogP contribution in [0.4, 0.5) is 0 Å². The molecule has 0 aromatic heterocycles. The van der Waals surface area contributed by atoms with E-state index in [1.165, 1.54) is 161 Å². The summed E-state index contributed by atoms with van der Waals surface area (Å²) >= 11 is 0. The van der Waals surface area contributed by atoms with E-state index in [0.717, 1.165) is 38.5 Å². The van der Waals surface area contributed by atoms with Crippen LogP contribution in [-0.4, -0.2) is 74.9 Å². The number of carbonyl (C=O) groups is 2. The van der Waals surface area contributed by atoms with E-state index in [1.54, 1.807) is 0 Å². The Bertz CT molecular complexity index is 1070.